The molecule has 2 atom stereocenters. The zero-order valence-corrected chi connectivity index (χ0v) is 16.9. The summed E-state index contributed by atoms with van der Waals surface area (Å²) in [6, 6.07) is 20.3. The van der Waals surface area contributed by atoms with Gasteiger partial charge in [0.15, 0.2) is 0 Å². The molecule has 3 aromatic rings. The molecule has 0 bridgehead atoms. The number of fused-ring (bicyclic) bond motifs is 1. The molecular weight excluding hydrogens is 346 g/mol. The van der Waals surface area contributed by atoms with Gasteiger partial charge in [-0.2, -0.15) is 5.10 Å². The molecule has 0 saturated carbocycles. The van der Waals surface area contributed by atoms with Gasteiger partial charge in [0.1, 0.15) is 0 Å². The van der Waals surface area contributed by atoms with Gasteiger partial charge in [-0.05, 0) is 32.0 Å². The van der Waals surface area contributed by atoms with Crippen LogP contribution in [0.4, 0.5) is 0 Å². The van der Waals surface area contributed by atoms with Gasteiger partial charge in [0.25, 0.3) is 0 Å². The van der Waals surface area contributed by atoms with Crippen molar-refractivity contribution in [1.29, 1.82) is 0 Å². The standard InChI is InChI=1S/C23H31N5/c1-3-28-23-12-8-7-11-21(23)22(26-28)16-25-19-14-24-15-20(27(2)17-19)13-18-9-5-4-6-10-18/h4-12,19-20,24-25H,3,13-17H2,1-2H3. The third-order valence-corrected chi connectivity index (χ3v) is 5.81. The predicted molar refractivity (Wildman–Crippen MR) is 115 cm³/mol. The summed E-state index contributed by atoms with van der Waals surface area (Å²) >= 11 is 0. The largest absolute Gasteiger partial charge is 0.314 e. The molecule has 1 aliphatic heterocycles. The fourth-order valence-electron chi connectivity index (χ4n) is 4.20. The lowest BCUT2D eigenvalue weighted by Gasteiger charge is -2.27. The molecule has 0 radical (unpaired) electrons. The van der Waals surface area contributed by atoms with E-state index in [1.165, 1.54) is 16.5 Å². The summed E-state index contributed by atoms with van der Waals surface area (Å²) in [6.07, 6.45) is 1.09. The number of rotatable bonds is 6. The summed E-state index contributed by atoms with van der Waals surface area (Å²) in [4.78, 5) is 2.49. The Labute approximate surface area is 167 Å². The van der Waals surface area contributed by atoms with Crippen molar-refractivity contribution in [2.45, 2.75) is 38.5 Å². The second kappa shape index (κ2) is 8.86. The third kappa shape index (κ3) is 4.27. The Bertz CT molecular complexity index is 888. The van der Waals surface area contributed by atoms with Crippen molar-refractivity contribution in [3.05, 3.63) is 65.9 Å². The maximum atomic E-state index is 4.83. The smallest absolute Gasteiger partial charge is 0.0841 e. The van der Waals surface area contributed by atoms with E-state index >= 15 is 0 Å². The Kier molecular flexibility index (Phi) is 6.05. The van der Waals surface area contributed by atoms with E-state index in [0.29, 0.717) is 12.1 Å². The molecule has 4 rings (SSSR count). The predicted octanol–water partition coefficient (Wildman–Crippen LogP) is 2.66. The fourth-order valence-corrected chi connectivity index (χ4v) is 4.20. The van der Waals surface area contributed by atoms with Gasteiger partial charge in [-0.15, -0.1) is 0 Å². The van der Waals surface area contributed by atoms with Gasteiger partial charge >= 0.3 is 0 Å². The number of benzene rings is 2. The molecule has 0 amide bonds. The highest BCUT2D eigenvalue weighted by atomic mass is 15.3. The second-order valence-electron chi connectivity index (χ2n) is 7.80. The Hall–Kier alpha value is -2.21. The lowest BCUT2D eigenvalue weighted by molar-refractivity contribution is 0.238. The summed E-state index contributed by atoms with van der Waals surface area (Å²) < 4.78 is 2.10. The minimum Gasteiger partial charge on any atom is -0.314 e. The molecule has 2 heterocycles. The van der Waals surface area contributed by atoms with Crippen LogP contribution in [0, 0.1) is 0 Å². The van der Waals surface area contributed by atoms with Gasteiger partial charge in [-0.25, -0.2) is 0 Å². The topological polar surface area (TPSA) is 45.1 Å². The maximum absolute atomic E-state index is 4.83. The van der Waals surface area contributed by atoms with Crippen LogP contribution in [0.15, 0.2) is 54.6 Å². The van der Waals surface area contributed by atoms with E-state index in [4.69, 9.17) is 5.10 Å². The second-order valence-corrected chi connectivity index (χ2v) is 7.80. The number of aryl methyl sites for hydroxylation is 1. The number of para-hydroxylation sites is 1. The van der Waals surface area contributed by atoms with Gasteiger partial charge in [-0.3, -0.25) is 4.68 Å². The van der Waals surface area contributed by atoms with Gasteiger partial charge in [0.05, 0.1) is 11.2 Å². The van der Waals surface area contributed by atoms with Crippen LogP contribution in [0.3, 0.4) is 0 Å². The minimum absolute atomic E-state index is 0.413. The first kappa shape index (κ1) is 19.1. The van der Waals surface area contributed by atoms with Crippen molar-refractivity contribution in [3.8, 4) is 0 Å². The fraction of sp³-hybridized carbons (Fsp3) is 0.435. The van der Waals surface area contributed by atoms with E-state index in [1.807, 2.05) is 0 Å². The summed E-state index contributed by atoms with van der Waals surface area (Å²) in [5.41, 5.74) is 3.77. The molecule has 5 nitrogen and oxygen atoms in total. The first-order chi connectivity index (χ1) is 13.7. The van der Waals surface area contributed by atoms with Gasteiger partial charge < -0.3 is 15.5 Å². The molecule has 148 valence electrons. The summed E-state index contributed by atoms with van der Waals surface area (Å²) in [5, 5.41) is 13.5. The van der Waals surface area contributed by atoms with Crippen LogP contribution < -0.4 is 10.6 Å². The monoisotopic (exact) mass is 377 g/mol. The van der Waals surface area contributed by atoms with E-state index in [9.17, 15) is 0 Å². The molecule has 5 heteroatoms. The zero-order valence-electron chi connectivity index (χ0n) is 16.9. The molecule has 2 N–H and O–H groups in total. The van der Waals surface area contributed by atoms with Crippen LogP contribution in [0.5, 0.6) is 0 Å². The Morgan fingerprint density at radius 2 is 1.86 bits per heavy atom. The molecule has 1 saturated heterocycles. The third-order valence-electron chi connectivity index (χ3n) is 5.81. The van der Waals surface area contributed by atoms with Crippen LogP contribution in [0.2, 0.25) is 0 Å². The lowest BCUT2D eigenvalue weighted by Crippen LogP contribution is -2.43. The molecule has 1 fully saturated rings. The van der Waals surface area contributed by atoms with Gasteiger partial charge in [0.2, 0.25) is 0 Å². The summed E-state index contributed by atoms with van der Waals surface area (Å²) in [6.45, 7) is 6.90. The van der Waals surface area contributed by atoms with Gasteiger partial charge in [-0.1, -0.05) is 48.5 Å². The lowest BCUT2D eigenvalue weighted by atomic mass is 10.1. The van der Waals surface area contributed by atoms with E-state index in [2.05, 4.69) is 88.8 Å². The Morgan fingerprint density at radius 1 is 1.07 bits per heavy atom. The first-order valence-corrected chi connectivity index (χ1v) is 10.4. The Morgan fingerprint density at radius 3 is 2.68 bits per heavy atom. The Balaban J connectivity index is 1.38. The van der Waals surface area contributed by atoms with Crippen molar-refractivity contribution in [2.75, 3.05) is 26.7 Å². The summed E-state index contributed by atoms with van der Waals surface area (Å²) in [7, 11) is 2.25. The van der Waals surface area contributed by atoms with Crippen molar-refractivity contribution < 1.29 is 0 Å². The van der Waals surface area contributed by atoms with Crippen LogP contribution >= 0.6 is 0 Å². The molecule has 0 aliphatic carbocycles. The highest BCUT2D eigenvalue weighted by molar-refractivity contribution is 5.81. The molecule has 0 spiro atoms. The highest BCUT2D eigenvalue weighted by Gasteiger charge is 2.23. The first-order valence-electron chi connectivity index (χ1n) is 10.4. The molecule has 1 aromatic heterocycles. The average molecular weight is 378 g/mol. The number of hydrogen-bond acceptors (Lipinski definition) is 4. The normalized spacial score (nSPS) is 21.1. The van der Waals surface area contributed by atoms with Crippen molar-refractivity contribution in [1.82, 2.24) is 25.3 Å². The molecular formula is C23H31N5. The molecule has 2 unspecified atom stereocenters. The average Bonchev–Trinajstić information content (AvgIpc) is 3.00. The SMILES string of the molecule is CCn1nc(CNC2CNCC(Cc3ccccc3)N(C)C2)c2ccccc21. The molecule has 2 aromatic carbocycles. The van der Waals surface area contributed by atoms with E-state index in [0.717, 1.165) is 44.8 Å². The number of hydrogen-bond donors (Lipinski definition) is 2. The van der Waals surface area contributed by atoms with E-state index in [1.54, 1.807) is 0 Å². The van der Waals surface area contributed by atoms with Crippen LogP contribution in [0.25, 0.3) is 10.9 Å². The van der Waals surface area contributed by atoms with E-state index in [-0.39, 0.29) is 0 Å². The number of likely N-dealkylation sites (N-methyl/N-ethyl adjacent to an activating group) is 1. The van der Waals surface area contributed by atoms with Crippen molar-refractivity contribution >= 4 is 10.9 Å². The minimum atomic E-state index is 0.413. The number of aromatic nitrogens is 2. The van der Waals surface area contributed by atoms with Crippen molar-refractivity contribution in [3.63, 3.8) is 0 Å². The highest BCUT2D eigenvalue weighted by Crippen LogP contribution is 2.18. The van der Waals surface area contributed by atoms with Crippen LogP contribution in [-0.4, -0.2) is 53.4 Å². The van der Waals surface area contributed by atoms with Crippen LogP contribution in [0.1, 0.15) is 18.2 Å². The van der Waals surface area contributed by atoms with Crippen LogP contribution in [-0.2, 0) is 19.5 Å². The zero-order chi connectivity index (χ0) is 19.3. The van der Waals surface area contributed by atoms with Gasteiger partial charge in [0, 0.05) is 50.2 Å². The number of nitrogens with zero attached hydrogens (tertiary/aromatic N) is 3. The quantitative estimate of drug-likeness (QED) is 0.693. The molecule has 1 aliphatic rings. The van der Waals surface area contributed by atoms with E-state index < -0.39 is 0 Å². The summed E-state index contributed by atoms with van der Waals surface area (Å²) in [5.74, 6) is 0. The maximum Gasteiger partial charge on any atom is 0.0841 e. The van der Waals surface area contributed by atoms with Crippen molar-refractivity contribution in [2.24, 2.45) is 0 Å². The number of nitrogens with one attached hydrogen (secondary N) is 2. The molecule has 28 heavy (non-hydrogen) atoms.